The predicted molar refractivity (Wildman–Crippen MR) is 57.4 cm³/mol. The highest BCUT2D eigenvalue weighted by Gasteiger charge is 2.17. The van der Waals surface area contributed by atoms with Crippen molar-refractivity contribution >= 4 is 11.6 Å². The molecule has 15 heavy (non-hydrogen) atoms. The summed E-state index contributed by atoms with van der Waals surface area (Å²) in [6.07, 6.45) is 5.33. The first-order valence-electron chi connectivity index (χ1n) is 5.18. The number of hydrogen-bond donors (Lipinski definition) is 0. The first kappa shape index (κ1) is 10.8. The summed E-state index contributed by atoms with van der Waals surface area (Å²) in [6.45, 7) is 1.56. The third-order valence-electron chi connectivity index (χ3n) is 2.61. The van der Waals surface area contributed by atoms with Gasteiger partial charge in [-0.15, -0.1) is 0 Å². The molecule has 4 nitrogen and oxygen atoms in total. The van der Waals surface area contributed by atoms with Gasteiger partial charge in [0.15, 0.2) is 10.9 Å². The number of aromatic nitrogens is 2. The van der Waals surface area contributed by atoms with Gasteiger partial charge in [0.2, 0.25) is 0 Å². The number of rotatable bonds is 3. The molecule has 1 saturated heterocycles. The minimum absolute atomic E-state index is 0.237. The molecule has 5 heteroatoms. The van der Waals surface area contributed by atoms with Gasteiger partial charge in [-0.05, 0) is 19.3 Å². The fraction of sp³-hybridized carbons (Fsp3) is 0.700. The summed E-state index contributed by atoms with van der Waals surface area (Å²) in [5.41, 5.74) is 0. The van der Waals surface area contributed by atoms with Gasteiger partial charge in [0, 0.05) is 6.61 Å². The highest BCUT2D eigenvalue weighted by Crippen LogP contribution is 2.24. The van der Waals surface area contributed by atoms with Crippen LogP contribution in [0, 0.1) is 0 Å². The SMILES string of the molecule is COc1cnn(CC2CCCCO2)c1Cl. The standard InChI is InChI=1S/C10H15ClN2O2/c1-14-9-6-12-13(10(9)11)7-8-4-2-3-5-15-8/h6,8H,2-5,7H2,1H3. The van der Waals surface area contributed by atoms with Crippen LogP contribution >= 0.6 is 11.6 Å². The molecule has 1 aromatic heterocycles. The zero-order chi connectivity index (χ0) is 10.7. The zero-order valence-corrected chi connectivity index (χ0v) is 9.54. The van der Waals surface area contributed by atoms with Gasteiger partial charge in [-0.3, -0.25) is 0 Å². The Hall–Kier alpha value is -0.740. The minimum atomic E-state index is 0.237. The van der Waals surface area contributed by atoms with E-state index in [9.17, 15) is 0 Å². The van der Waals surface area contributed by atoms with E-state index in [4.69, 9.17) is 21.1 Å². The van der Waals surface area contributed by atoms with E-state index in [0.29, 0.717) is 17.4 Å². The highest BCUT2D eigenvalue weighted by atomic mass is 35.5. The van der Waals surface area contributed by atoms with Crippen molar-refractivity contribution in [2.45, 2.75) is 31.9 Å². The van der Waals surface area contributed by atoms with Crippen molar-refractivity contribution in [2.24, 2.45) is 0 Å². The van der Waals surface area contributed by atoms with Crippen LogP contribution in [0.4, 0.5) is 0 Å². The fourth-order valence-electron chi connectivity index (χ4n) is 1.76. The van der Waals surface area contributed by atoms with E-state index < -0.39 is 0 Å². The average molecular weight is 231 g/mol. The van der Waals surface area contributed by atoms with Crippen LogP contribution in [0.25, 0.3) is 0 Å². The van der Waals surface area contributed by atoms with Gasteiger partial charge < -0.3 is 9.47 Å². The van der Waals surface area contributed by atoms with Crippen molar-refractivity contribution in [1.82, 2.24) is 9.78 Å². The predicted octanol–water partition coefficient (Wildman–Crippen LogP) is 2.11. The molecule has 2 heterocycles. The van der Waals surface area contributed by atoms with Gasteiger partial charge >= 0.3 is 0 Å². The van der Waals surface area contributed by atoms with E-state index in [1.165, 1.54) is 6.42 Å². The van der Waals surface area contributed by atoms with E-state index in [0.717, 1.165) is 19.4 Å². The third-order valence-corrected chi connectivity index (χ3v) is 3.00. The lowest BCUT2D eigenvalue weighted by Crippen LogP contribution is -2.24. The number of ether oxygens (including phenoxy) is 2. The monoisotopic (exact) mass is 230 g/mol. The Labute approximate surface area is 94.1 Å². The molecule has 0 radical (unpaired) electrons. The van der Waals surface area contributed by atoms with Crippen molar-refractivity contribution < 1.29 is 9.47 Å². The summed E-state index contributed by atoms with van der Waals surface area (Å²) in [7, 11) is 1.59. The fourth-order valence-corrected chi connectivity index (χ4v) is 2.00. The van der Waals surface area contributed by atoms with E-state index in [1.807, 2.05) is 0 Å². The summed E-state index contributed by atoms with van der Waals surface area (Å²) >= 11 is 6.06. The van der Waals surface area contributed by atoms with Gasteiger partial charge in [0.1, 0.15) is 0 Å². The first-order valence-corrected chi connectivity index (χ1v) is 5.56. The van der Waals surface area contributed by atoms with E-state index in [2.05, 4.69) is 5.10 Å². The van der Waals surface area contributed by atoms with Crippen molar-refractivity contribution in [3.63, 3.8) is 0 Å². The topological polar surface area (TPSA) is 36.3 Å². The Morgan fingerprint density at radius 3 is 3.13 bits per heavy atom. The van der Waals surface area contributed by atoms with Crippen molar-refractivity contribution in [2.75, 3.05) is 13.7 Å². The second-order valence-electron chi connectivity index (χ2n) is 3.67. The van der Waals surface area contributed by atoms with Crippen LogP contribution in [0.15, 0.2) is 6.20 Å². The highest BCUT2D eigenvalue weighted by molar-refractivity contribution is 6.31. The molecule has 0 N–H and O–H groups in total. The molecule has 2 rings (SSSR count). The normalized spacial score (nSPS) is 21.6. The first-order chi connectivity index (χ1) is 7.31. The van der Waals surface area contributed by atoms with Gasteiger partial charge in [-0.25, -0.2) is 4.68 Å². The number of hydrogen-bond acceptors (Lipinski definition) is 3. The summed E-state index contributed by atoms with van der Waals surface area (Å²) in [5.74, 6) is 0.618. The second-order valence-corrected chi connectivity index (χ2v) is 4.03. The maximum absolute atomic E-state index is 6.06. The number of methoxy groups -OCH3 is 1. The maximum Gasteiger partial charge on any atom is 0.175 e. The quantitative estimate of drug-likeness (QED) is 0.798. The van der Waals surface area contributed by atoms with Crippen LogP contribution < -0.4 is 4.74 Å². The molecular formula is C10H15ClN2O2. The van der Waals surface area contributed by atoms with E-state index in [1.54, 1.807) is 18.0 Å². The van der Waals surface area contributed by atoms with Crippen molar-refractivity contribution in [3.8, 4) is 5.75 Å². The van der Waals surface area contributed by atoms with E-state index in [-0.39, 0.29) is 6.10 Å². The molecule has 0 amide bonds. The van der Waals surface area contributed by atoms with Crippen LogP contribution in [0.1, 0.15) is 19.3 Å². The van der Waals surface area contributed by atoms with Crippen LogP contribution in [-0.2, 0) is 11.3 Å². The Bertz CT molecular complexity index is 321. The van der Waals surface area contributed by atoms with Crippen LogP contribution in [-0.4, -0.2) is 29.6 Å². The Balaban J connectivity index is 2.00. The van der Waals surface area contributed by atoms with Crippen LogP contribution in [0.3, 0.4) is 0 Å². The molecule has 1 aliphatic rings. The largest absolute Gasteiger partial charge is 0.492 e. The lowest BCUT2D eigenvalue weighted by Gasteiger charge is -2.22. The summed E-state index contributed by atoms with van der Waals surface area (Å²) in [4.78, 5) is 0. The Morgan fingerprint density at radius 2 is 2.53 bits per heavy atom. The third kappa shape index (κ3) is 2.44. The molecule has 0 aromatic carbocycles. The molecule has 1 unspecified atom stereocenters. The molecule has 1 atom stereocenters. The smallest absolute Gasteiger partial charge is 0.175 e. The molecule has 1 aliphatic heterocycles. The molecule has 0 spiro atoms. The van der Waals surface area contributed by atoms with Crippen molar-refractivity contribution in [3.05, 3.63) is 11.3 Å². The Kier molecular flexibility index (Phi) is 3.49. The van der Waals surface area contributed by atoms with Gasteiger partial charge in [0.25, 0.3) is 0 Å². The lowest BCUT2D eigenvalue weighted by atomic mass is 10.1. The van der Waals surface area contributed by atoms with Gasteiger partial charge in [0.05, 0.1) is 26.0 Å². The molecule has 84 valence electrons. The molecule has 0 saturated carbocycles. The van der Waals surface area contributed by atoms with Crippen LogP contribution in [0.5, 0.6) is 5.75 Å². The molecule has 1 fully saturated rings. The molecule has 0 aliphatic carbocycles. The summed E-state index contributed by atoms with van der Waals surface area (Å²) in [5, 5.41) is 4.71. The molecular weight excluding hydrogens is 216 g/mol. The minimum Gasteiger partial charge on any atom is -0.492 e. The van der Waals surface area contributed by atoms with Crippen LogP contribution in [0.2, 0.25) is 5.15 Å². The number of halogens is 1. The van der Waals surface area contributed by atoms with E-state index >= 15 is 0 Å². The molecule has 0 bridgehead atoms. The lowest BCUT2D eigenvalue weighted by molar-refractivity contribution is 0.00402. The van der Waals surface area contributed by atoms with Crippen molar-refractivity contribution in [1.29, 1.82) is 0 Å². The second kappa shape index (κ2) is 4.86. The average Bonchev–Trinajstić information content (AvgIpc) is 2.62. The summed E-state index contributed by atoms with van der Waals surface area (Å²) in [6, 6.07) is 0. The Morgan fingerprint density at radius 1 is 1.67 bits per heavy atom. The maximum atomic E-state index is 6.06. The molecule has 1 aromatic rings. The summed E-state index contributed by atoms with van der Waals surface area (Å²) < 4.78 is 12.4. The van der Waals surface area contributed by atoms with Gasteiger partial charge in [-0.2, -0.15) is 5.10 Å². The number of nitrogens with zero attached hydrogens (tertiary/aromatic N) is 2. The van der Waals surface area contributed by atoms with Gasteiger partial charge in [-0.1, -0.05) is 11.6 Å². The zero-order valence-electron chi connectivity index (χ0n) is 8.78.